The van der Waals surface area contributed by atoms with Gasteiger partial charge in [0.05, 0.1) is 11.7 Å². The molecular weight excluding hydrogens is 410 g/mol. The van der Waals surface area contributed by atoms with Gasteiger partial charge in [0.15, 0.2) is 5.78 Å². The molecule has 0 aromatic carbocycles. The van der Waals surface area contributed by atoms with Gasteiger partial charge in [-0.05, 0) is 37.3 Å². The van der Waals surface area contributed by atoms with Gasteiger partial charge in [0.1, 0.15) is 5.02 Å². The van der Waals surface area contributed by atoms with Crippen molar-refractivity contribution >= 4 is 38.8 Å². The van der Waals surface area contributed by atoms with E-state index in [9.17, 15) is 9.59 Å². The number of rotatable bonds is 6. The van der Waals surface area contributed by atoms with Crippen molar-refractivity contribution in [1.29, 1.82) is 0 Å². The smallest absolute Gasteiger partial charge is 0.294 e. The van der Waals surface area contributed by atoms with Crippen molar-refractivity contribution in [3.8, 4) is 0 Å². The van der Waals surface area contributed by atoms with Crippen LogP contribution in [-0.2, 0) is 11.2 Å². The maximum atomic E-state index is 12.9. The Bertz CT molecular complexity index is 1100. The number of Topliss-reactive ketones (excluding diaryl/α,β-unsaturated/α-hetero) is 1. The van der Waals surface area contributed by atoms with Gasteiger partial charge in [-0.1, -0.05) is 42.9 Å². The SMILES string of the molecule is CC(C)c1nc2sc(N3CCC[C@@H]3C(=O)CCc3ccccn3)nn2c(=O)c1Cl. The average molecular weight is 432 g/mol. The lowest BCUT2D eigenvalue weighted by molar-refractivity contribution is -0.120. The van der Waals surface area contributed by atoms with Crippen molar-refractivity contribution in [3.63, 3.8) is 0 Å². The fraction of sp³-hybridized carbons (Fsp3) is 0.450. The fourth-order valence-electron chi connectivity index (χ4n) is 3.62. The summed E-state index contributed by atoms with van der Waals surface area (Å²) in [6.45, 7) is 4.63. The molecule has 1 fully saturated rings. The Morgan fingerprint density at radius 3 is 2.93 bits per heavy atom. The molecule has 1 aliphatic heterocycles. The molecule has 0 saturated carbocycles. The van der Waals surface area contributed by atoms with Gasteiger partial charge in [0, 0.05) is 24.9 Å². The number of ketones is 1. The third kappa shape index (κ3) is 3.91. The van der Waals surface area contributed by atoms with Crippen LogP contribution < -0.4 is 10.5 Å². The Morgan fingerprint density at radius 1 is 1.38 bits per heavy atom. The van der Waals surface area contributed by atoms with Crippen LogP contribution in [0.25, 0.3) is 4.96 Å². The molecule has 0 bridgehead atoms. The van der Waals surface area contributed by atoms with Crippen molar-refractivity contribution in [3.05, 3.63) is 51.2 Å². The van der Waals surface area contributed by atoms with Crippen molar-refractivity contribution in [2.45, 2.75) is 51.5 Å². The van der Waals surface area contributed by atoms with Crippen LogP contribution in [0.2, 0.25) is 5.02 Å². The molecule has 9 heteroatoms. The molecule has 0 N–H and O–H groups in total. The van der Waals surface area contributed by atoms with Crippen molar-refractivity contribution in [1.82, 2.24) is 19.6 Å². The number of halogens is 1. The molecule has 7 nitrogen and oxygen atoms in total. The van der Waals surface area contributed by atoms with Crippen molar-refractivity contribution < 1.29 is 4.79 Å². The van der Waals surface area contributed by atoms with Gasteiger partial charge < -0.3 is 4.90 Å². The van der Waals surface area contributed by atoms with Crippen LogP contribution >= 0.6 is 22.9 Å². The first-order chi connectivity index (χ1) is 14.0. The van der Waals surface area contributed by atoms with Gasteiger partial charge in [-0.3, -0.25) is 14.6 Å². The Balaban J connectivity index is 1.58. The number of carbonyl (C=O) groups excluding carboxylic acids is 1. The van der Waals surface area contributed by atoms with E-state index in [0.717, 1.165) is 25.1 Å². The zero-order chi connectivity index (χ0) is 20.5. The minimum absolute atomic E-state index is 0.0402. The standard InChI is InChI=1S/C20H22ClN5O2S/c1-12(2)17-16(21)18(28)26-19(23-17)29-20(24-26)25-11-5-7-14(25)15(27)9-8-13-6-3-4-10-22-13/h3-4,6,10,12,14H,5,7-9,11H2,1-2H3/t14-/m1/s1. The molecule has 3 aromatic heterocycles. The molecule has 0 unspecified atom stereocenters. The summed E-state index contributed by atoms with van der Waals surface area (Å²) < 4.78 is 1.25. The number of nitrogens with zero attached hydrogens (tertiary/aromatic N) is 5. The van der Waals surface area contributed by atoms with Gasteiger partial charge in [-0.2, -0.15) is 4.52 Å². The third-order valence-corrected chi connectivity index (χ3v) is 6.44. The fourth-order valence-corrected chi connectivity index (χ4v) is 4.94. The zero-order valence-electron chi connectivity index (χ0n) is 16.3. The molecule has 4 heterocycles. The number of hydrogen-bond donors (Lipinski definition) is 0. The summed E-state index contributed by atoms with van der Waals surface area (Å²) in [4.78, 5) is 36.8. The van der Waals surface area contributed by atoms with Crippen molar-refractivity contribution in [2.24, 2.45) is 0 Å². The first-order valence-corrected chi connectivity index (χ1v) is 10.9. The Kier molecular flexibility index (Phi) is 5.65. The number of fused-ring (bicyclic) bond motifs is 1. The lowest BCUT2D eigenvalue weighted by Crippen LogP contribution is -2.36. The maximum absolute atomic E-state index is 12.9. The van der Waals surface area contributed by atoms with Crippen LogP contribution in [0.5, 0.6) is 0 Å². The van der Waals surface area contributed by atoms with Gasteiger partial charge in [-0.25, -0.2) is 4.98 Å². The molecule has 1 aliphatic rings. The maximum Gasteiger partial charge on any atom is 0.294 e. The highest BCUT2D eigenvalue weighted by Crippen LogP contribution is 2.31. The number of anilines is 1. The predicted molar refractivity (Wildman–Crippen MR) is 114 cm³/mol. The summed E-state index contributed by atoms with van der Waals surface area (Å²) >= 11 is 7.54. The van der Waals surface area contributed by atoms with Crippen LogP contribution in [-0.4, -0.2) is 38.0 Å². The number of pyridine rings is 1. The molecule has 0 aliphatic carbocycles. The highest BCUT2D eigenvalue weighted by atomic mass is 35.5. The van der Waals surface area contributed by atoms with Gasteiger partial charge in [-0.15, -0.1) is 5.10 Å². The molecule has 3 aromatic rings. The highest BCUT2D eigenvalue weighted by Gasteiger charge is 2.33. The van der Waals surface area contributed by atoms with E-state index in [-0.39, 0.29) is 28.3 Å². The zero-order valence-corrected chi connectivity index (χ0v) is 17.9. The second kappa shape index (κ2) is 8.20. The van der Waals surface area contributed by atoms with Crippen LogP contribution in [0.3, 0.4) is 0 Å². The van der Waals surface area contributed by atoms with Crippen LogP contribution in [0, 0.1) is 0 Å². The lowest BCUT2D eigenvalue weighted by atomic mass is 10.0. The summed E-state index contributed by atoms with van der Waals surface area (Å²) in [7, 11) is 0. The number of carbonyl (C=O) groups is 1. The van der Waals surface area contributed by atoms with Crippen LogP contribution in [0.15, 0.2) is 29.2 Å². The highest BCUT2D eigenvalue weighted by molar-refractivity contribution is 7.20. The summed E-state index contributed by atoms with van der Waals surface area (Å²) in [6, 6.07) is 5.50. The molecule has 0 spiro atoms. The van der Waals surface area contributed by atoms with E-state index >= 15 is 0 Å². The first-order valence-electron chi connectivity index (χ1n) is 9.74. The number of aromatic nitrogens is 4. The molecule has 1 saturated heterocycles. The summed E-state index contributed by atoms with van der Waals surface area (Å²) in [6.07, 6.45) is 4.50. The molecule has 0 amide bonds. The van der Waals surface area contributed by atoms with E-state index in [2.05, 4.69) is 15.1 Å². The van der Waals surface area contributed by atoms with E-state index in [1.54, 1.807) is 6.20 Å². The predicted octanol–water partition coefficient (Wildman–Crippen LogP) is 3.49. The molecular formula is C20H22ClN5O2S. The largest absolute Gasteiger partial charge is 0.337 e. The Hall–Kier alpha value is -2.32. The third-order valence-electron chi connectivity index (χ3n) is 5.14. The molecule has 152 valence electrons. The molecule has 0 radical (unpaired) electrons. The molecule has 29 heavy (non-hydrogen) atoms. The van der Waals surface area contributed by atoms with E-state index in [0.29, 0.717) is 28.6 Å². The molecule has 4 rings (SSSR count). The van der Waals surface area contributed by atoms with E-state index in [1.165, 1.54) is 15.9 Å². The topological polar surface area (TPSA) is 80.5 Å². The Labute approximate surface area is 177 Å². The quantitative estimate of drug-likeness (QED) is 0.594. The Morgan fingerprint density at radius 2 is 2.21 bits per heavy atom. The summed E-state index contributed by atoms with van der Waals surface area (Å²) in [5, 5.41) is 5.19. The van der Waals surface area contributed by atoms with E-state index in [4.69, 9.17) is 11.6 Å². The minimum atomic E-state index is -0.361. The van der Waals surface area contributed by atoms with E-state index in [1.807, 2.05) is 36.9 Å². The van der Waals surface area contributed by atoms with Gasteiger partial charge in [0.25, 0.3) is 5.56 Å². The van der Waals surface area contributed by atoms with Gasteiger partial charge >= 0.3 is 0 Å². The van der Waals surface area contributed by atoms with E-state index < -0.39 is 0 Å². The second-order valence-electron chi connectivity index (χ2n) is 7.49. The van der Waals surface area contributed by atoms with Gasteiger partial charge in [0.2, 0.25) is 10.1 Å². The average Bonchev–Trinajstić information content (AvgIpc) is 3.36. The summed E-state index contributed by atoms with van der Waals surface area (Å²) in [5.41, 5.74) is 1.13. The minimum Gasteiger partial charge on any atom is -0.337 e. The van der Waals surface area contributed by atoms with Crippen LogP contribution in [0.1, 0.15) is 50.4 Å². The first kappa shape index (κ1) is 20.0. The lowest BCUT2D eigenvalue weighted by Gasteiger charge is -2.22. The monoisotopic (exact) mass is 431 g/mol. The number of aryl methyl sites for hydroxylation is 1. The number of hydrogen-bond acceptors (Lipinski definition) is 7. The van der Waals surface area contributed by atoms with Crippen molar-refractivity contribution in [2.75, 3.05) is 11.4 Å². The normalized spacial score (nSPS) is 16.8. The molecule has 1 atom stereocenters. The summed E-state index contributed by atoms with van der Waals surface area (Å²) in [5.74, 6) is 0.215. The van der Waals surface area contributed by atoms with Crippen LogP contribution in [0.4, 0.5) is 5.13 Å². The second-order valence-corrected chi connectivity index (χ2v) is 8.80.